The van der Waals surface area contributed by atoms with Crippen molar-refractivity contribution < 1.29 is 8.81 Å². The summed E-state index contributed by atoms with van der Waals surface area (Å²) in [6.45, 7) is 0. The number of hydrogen-bond acceptors (Lipinski definition) is 2. The maximum Gasteiger partial charge on any atom is 0.208 e. The lowest BCUT2D eigenvalue weighted by atomic mass is 10.1. The fraction of sp³-hybridized carbons (Fsp3) is 0.250. The zero-order valence-electron chi connectivity index (χ0n) is 8.56. The molecule has 3 rings (SSSR count). The lowest BCUT2D eigenvalue weighted by Crippen LogP contribution is -1.86. The van der Waals surface area contributed by atoms with Crippen molar-refractivity contribution in [2.45, 2.75) is 18.8 Å². The van der Waals surface area contributed by atoms with Crippen molar-refractivity contribution in [2.24, 2.45) is 0 Å². The Labute approximate surface area is 110 Å². The minimum atomic E-state index is -0.503. The molecule has 1 aliphatic rings. The monoisotopic (exact) mass is 313 g/mol. The molecule has 0 saturated heterocycles. The Morgan fingerprint density at radius 1 is 1.53 bits per heavy atom. The van der Waals surface area contributed by atoms with Crippen LogP contribution in [-0.4, -0.2) is 0 Å². The second-order valence-corrected chi connectivity index (χ2v) is 5.35. The van der Waals surface area contributed by atoms with Gasteiger partial charge in [0.25, 0.3) is 0 Å². The molecule has 1 aromatic carbocycles. The van der Waals surface area contributed by atoms with Crippen LogP contribution in [0.3, 0.4) is 0 Å². The predicted molar refractivity (Wildman–Crippen MR) is 65.6 cm³/mol. The molecule has 0 unspecified atom stereocenters. The third kappa shape index (κ3) is 1.57. The van der Waals surface area contributed by atoms with Gasteiger partial charge in [0.15, 0.2) is 11.4 Å². The molecule has 0 radical (unpaired) electrons. The molecule has 1 fully saturated rings. The Hall–Kier alpha value is -1.05. The maximum atomic E-state index is 14.1. The summed E-state index contributed by atoms with van der Waals surface area (Å²) in [6.07, 6.45) is 1.93. The van der Waals surface area contributed by atoms with E-state index in [4.69, 9.17) is 21.3 Å². The Bertz CT molecular complexity index is 669. The molecule has 0 amide bonds. The highest BCUT2D eigenvalue weighted by molar-refractivity contribution is 9.10. The molecule has 1 saturated carbocycles. The minimum absolute atomic E-state index is 0.0385. The van der Waals surface area contributed by atoms with Gasteiger partial charge in [-0.25, -0.2) is 4.39 Å². The van der Waals surface area contributed by atoms with E-state index in [1.165, 1.54) is 6.07 Å². The van der Waals surface area contributed by atoms with Gasteiger partial charge in [0, 0.05) is 5.56 Å². The van der Waals surface area contributed by atoms with E-state index in [1.807, 2.05) is 6.07 Å². The molecular weight excluding hydrogens is 308 g/mol. The van der Waals surface area contributed by atoms with Crippen LogP contribution in [0.4, 0.5) is 4.39 Å². The smallest absolute Gasteiger partial charge is 0.208 e. The Morgan fingerprint density at radius 3 is 2.82 bits per heavy atom. The largest absolute Gasteiger partial charge is 0.444 e. The molecule has 0 spiro atoms. The highest BCUT2D eigenvalue weighted by Crippen LogP contribution is 2.48. The topological polar surface area (TPSA) is 36.9 Å². The van der Waals surface area contributed by atoms with E-state index in [-0.39, 0.29) is 16.7 Å². The van der Waals surface area contributed by atoms with Crippen LogP contribution in [0.5, 0.6) is 0 Å². The highest BCUT2D eigenvalue weighted by atomic mass is 79.9. The van der Waals surface area contributed by atoms with Gasteiger partial charge < -0.3 is 4.42 Å². The summed E-state index contributed by atoms with van der Waals surface area (Å²) in [4.78, 5) is 0. The second-order valence-electron chi connectivity index (χ2n) is 4.09. The third-order valence-corrected chi connectivity index (χ3v) is 3.80. The minimum Gasteiger partial charge on any atom is -0.444 e. The zero-order valence-corrected chi connectivity index (χ0v) is 10.9. The number of furan rings is 1. The Kier molecular flexibility index (Phi) is 2.42. The summed E-state index contributed by atoms with van der Waals surface area (Å²) in [5.41, 5.74) is 1.04. The van der Waals surface area contributed by atoms with Gasteiger partial charge in [-0.1, -0.05) is 11.6 Å². The standard InChI is InChI=1S/C12H6BrClFNO/c13-6-3-7(14)11(15)10-9(5-1-2-5)8(4-16)17-12(6)10/h3,5H,1-2H2. The second kappa shape index (κ2) is 3.72. The lowest BCUT2D eigenvalue weighted by Gasteiger charge is -2.00. The highest BCUT2D eigenvalue weighted by Gasteiger charge is 2.33. The number of benzene rings is 1. The third-order valence-electron chi connectivity index (χ3n) is 2.93. The van der Waals surface area contributed by atoms with Crippen molar-refractivity contribution in [2.75, 3.05) is 0 Å². The van der Waals surface area contributed by atoms with E-state index in [0.717, 1.165) is 12.8 Å². The van der Waals surface area contributed by atoms with Crippen molar-refractivity contribution in [3.8, 4) is 6.07 Å². The van der Waals surface area contributed by atoms with Gasteiger partial charge in [0.1, 0.15) is 6.07 Å². The summed E-state index contributed by atoms with van der Waals surface area (Å²) >= 11 is 9.09. The molecule has 1 heterocycles. The summed E-state index contributed by atoms with van der Waals surface area (Å²) in [6, 6.07) is 3.43. The van der Waals surface area contributed by atoms with Crippen LogP contribution in [-0.2, 0) is 0 Å². The Balaban J connectivity index is 2.47. The summed E-state index contributed by atoms with van der Waals surface area (Å²) in [5.74, 6) is -0.0767. The van der Waals surface area contributed by atoms with Gasteiger partial charge in [0.2, 0.25) is 5.76 Å². The molecule has 0 atom stereocenters. The van der Waals surface area contributed by atoms with Crippen LogP contribution in [0.25, 0.3) is 11.0 Å². The average molecular weight is 315 g/mol. The van der Waals surface area contributed by atoms with Crippen molar-refractivity contribution in [3.05, 3.63) is 32.7 Å². The van der Waals surface area contributed by atoms with Crippen LogP contribution in [0, 0.1) is 17.1 Å². The Morgan fingerprint density at radius 2 is 2.24 bits per heavy atom. The number of hydrogen-bond donors (Lipinski definition) is 0. The molecule has 2 aromatic rings. The van der Waals surface area contributed by atoms with Crippen LogP contribution >= 0.6 is 27.5 Å². The first-order valence-electron chi connectivity index (χ1n) is 5.13. The first-order valence-corrected chi connectivity index (χ1v) is 6.30. The van der Waals surface area contributed by atoms with Gasteiger partial charge in [-0.05, 0) is 40.8 Å². The van der Waals surface area contributed by atoms with Crippen molar-refractivity contribution in [3.63, 3.8) is 0 Å². The first kappa shape index (κ1) is 11.1. The zero-order chi connectivity index (χ0) is 12.2. The average Bonchev–Trinajstić information content (AvgIpc) is 3.06. The molecule has 2 nitrogen and oxygen atoms in total. The number of rotatable bonds is 1. The molecule has 0 aliphatic heterocycles. The number of nitriles is 1. The molecule has 5 heteroatoms. The maximum absolute atomic E-state index is 14.1. The van der Waals surface area contributed by atoms with E-state index in [9.17, 15) is 4.39 Å². The van der Waals surface area contributed by atoms with Gasteiger partial charge in [-0.2, -0.15) is 5.26 Å². The number of nitrogens with zero attached hydrogens (tertiary/aromatic N) is 1. The first-order chi connectivity index (χ1) is 8.13. The molecule has 1 aliphatic carbocycles. The number of halogens is 3. The molecule has 0 N–H and O–H groups in total. The quantitative estimate of drug-likeness (QED) is 0.713. The van der Waals surface area contributed by atoms with Gasteiger partial charge in [-0.15, -0.1) is 0 Å². The molecular formula is C12H6BrClFNO. The van der Waals surface area contributed by atoms with E-state index < -0.39 is 5.82 Å². The normalized spacial score (nSPS) is 15.2. The molecule has 1 aromatic heterocycles. The molecule has 86 valence electrons. The van der Waals surface area contributed by atoms with Crippen molar-refractivity contribution >= 4 is 38.5 Å². The van der Waals surface area contributed by atoms with E-state index in [0.29, 0.717) is 21.0 Å². The van der Waals surface area contributed by atoms with Crippen molar-refractivity contribution in [1.82, 2.24) is 0 Å². The van der Waals surface area contributed by atoms with Crippen LogP contribution < -0.4 is 0 Å². The summed E-state index contributed by atoms with van der Waals surface area (Å²) in [5, 5.41) is 9.42. The summed E-state index contributed by atoms with van der Waals surface area (Å²) in [7, 11) is 0. The van der Waals surface area contributed by atoms with Gasteiger partial charge in [-0.3, -0.25) is 0 Å². The fourth-order valence-electron chi connectivity index (χ4n) is 2.03. The van der Waals surface area contributed by atoms with Crippen LogP contribution in [0.15, 0.2) is 15.0 Å². The van der Waals surface area contributed by atoms with E-state index in [2.05, 4.69) is 15.9 Å². The number of fused-ring (bicyclic) bond motifs is 1. The predicted octanol–water partition coefficient (Wildman–Crippen LogP) is 4.74. The molecule has 17 heavy (non-hydrogen) atoms. The van der Waals surface area contributed by atoms with Gasteiger partial charge >= 0.3 is 0 Å². The fourth-order valence-corrected chi connectivity index (χ4v) is 2.88. The summed E-state index contributed by atoms with van der Waals surface area (Å²) < 4.78 is 20.0. The van der Waals surface area contributed by atoms with E-state index in [1.54, 1.807) is 0 Å². The SMILES string of the molecule is N#Cc1oc2c(Br)cc(Cl)c(F)c2c1C1CC1. The van der Waals surface area contributed by atoms with Crippen LogP contribution in [0.2, 0.25) is 5.02 Å². The van der Waals surface area contributed by atoms with Crippen molar-refractivity contribution in [1.29, 1.82) is 5.26 Å². The van der Waals surface area contributed by atoms with Crippen LogP contribution in [0.1, 0.15) is 30.1 Å². The molecule has 0 bridgehead atoms. The van der Waals surface area contributed by atoms with E-state index >= 15 is 0 Å². The van der Waals surface area contributed by atoms with Gasteiger partial charge in [0.05, 0.1) is 14.9 Å². The lowest BCUT2D eigenvalue weighted by molar-refractivity contribution is 0.590.